The molecule has 0 spiro atoms. The molecule has 1 unspecified atom stereocenters. The molecule has 0 saturated carbocycles. The number of nitrogens with zero attached hydrogens (tertiary/aromatic N) is 3. The quantitative estimate of drug-likeness (QED) is 0.784. The molecule has 1 saturated heterocycles. The maximum atomic E-state index is 13.1. The van der Waals surface area contributed by atoms with Crippen molar-refractivity contribution < 1.29 is 18.7 Å². The first-order chi connectivity index (χ1) is 13.4. The lowest BCUT2D eigenvalue weighted by Crippen LogP contribution is -2.51. The zero-order valence-electron chi connectivity index (χ0n) is 16.2. The Balaban J connectivity index is 1.68. The van der Waals surface area contributed by atoms with Crippen molar-refractivity contribution in [3.63, 3.8) is 0 Å². The topological polar surface area (TPSA) is 76.5 Å². The van der Waals surface area contributed by atoms with Crippen LogP contribution in [-0.4, -0.2) is 58.8 Å². The molecular formula is C20H25FN4O3. The summed E-state index contributed by atoms with van der Waals surface area (Å²) in [6, 6.07) is 7.27. The maximum Gasteiger partial charge on any atom is 0.251 e. The SMILES string of the molecule is COCCC1(NC(=O)c2ccc(F)cc2)CCN(C(=O)Cn2ccc(C)n2)C1. The monoisotopic (exact) mass is 388 g/mol. The Morgan fingerprint density at radius 3 is 2.68 bits per heavy atom. The maximum absolute atomic E-state index is 13.1. The van der Waals surface area contributed by atoms with Crippen LogP contribution in [0.3, 0.4) is 0 Å². The van der Waals surface area contributed by atoms with Crippen molar-refractivity contribution >= 4 is 11.8 Å². The summed E-state index contributed by atoms with van der Waals surface area (Å²) in [4.78, 5) is 27.1. The number of methoxy groups -OCH3 is 1. The lowest BCUT2D eigenvalue weighted by atomic mass is 9.94. The first-order valence-electron chi connectivity index (χ1n) is 9.26. The fourth-order valence-corrected chi connectivity index (χ4v) is 3.46. The molecule has 1 atom stereocenters. The van der Waals surface area contributed by atoms with Crippen molar-refractivity contribution in [2.24, 2.45) is 0 Å². The summed E-state index contributed by atoms with van der Waals surface area (Å²) in [5, 5.41) is 7.31. The van der Waals surface area contributed by atoms with Gasteiger partial charge < -0.3 is 15.0 Å². The number of hydrogen-bond donors (Lipinski definition) is 1. The van der Waals surface area contributed by atoms with Crippen LogP contribution in [0.4, 0.5) is 4.39 Å². The van der Waals surface area contributed by atoms with Gasteiger partial charge in [0.2, 0.25) is 5.91 Å². The molecule has 150 valence electrons. The summed E-state index contributed by atoms with van der Waals surface area (Å²) in [5.74, 6) is -0.719. The van der Waals surface area contributed by atoms with Gasteiger partial charge in [0.1, 0.15) is 12.4 Å². The van der Waals surface area contributed by atoms with E-state index < -0.39 is 11.4 Å². The number of carbonyl (C=O) groups is 2. The molecular weight excluding hydrogens is 363 g/mol. The Kier molecular flexibility index (Phi) is 6.08. The predicted octanol–water partition coefficient (Wildman–Crippen LogP) is 1.77. The van der Waals surface area contributed by atoms with E-state index in [9.17, 15) is 14.0 Å². The van der Waals surface area contributed by atoms with Gasteiger partial charge in [0.05, 0.1) is 11.2 Å². The van der Waals surface area contributed by atoms with Gasteiger partial charge >= 0.3 is 0 Å². The average Bonchev–Trinajstić information content (AvgIpc) is 3.27. The minimum atomic E-state index is -0.572. The molecule has 2 heterocycles. The highest BCUT2D eigenvalue weighted by Crippen LogP contribution is 2.26. The second-order valence-electron chi connectivity index (χ2n) is 7.20. The number of rotatable bonds is 7. The van der Waals surface area contributed by atoms with Gasteiger partial charge in [-0.05, 0) is 50.1 Å². The number of aryl methyl sites for hydroxylation is 1. The minimum absolute atomic E-state index is 0.0431. The largest absolute Gasteiger partial charge is 0.385 e. The average molecular weight is 388 g/mol. The fraction of sp³-hybridized carbons (Fsp3) is 0.450. The van der Waals surface area contributed by atoms with E-state index in [1.54, 1.807) is 22.9 Å². The molecule has 2 aromatic rings. The Bertz CT molecular complexity index is 836. The van der Waals surface area contributed by atoms with E-state index in [0.717, 1.165) is 5.69 Å². The van der Waals surface area contributed by atoms with Crippen LogP contribution in [0.1, 0.15) is 28.9 Å². The molecule has 1 N–H and O–H groups in total. The number of hydrogen-bond acceptors (Lipinski definition) is 4. The first kappa shape index (κ1) is 20.0. The standard InChI is InChI=1S/C20H25FN4O3/c1-15-7-10-25(23-15)13-18(26)24-11-8-20(14-24,9-12-28-2)22-19(27)16-3-5-17(21)6-4-16/h3-7,10H,8-9,11-14H2,1-2H3,(H,22,27). The molecule has 1 aromatic carbocycles. The Morgan fingerprint density at radius 2 is 2.04 bits per heavy atom. The van der Waals surface area contributed by atoms with Crippen LogP contribution in [0.15, 0.2) is 36.5 Å². The summed E-state index contributed by atoms with van der Waals surface area (Å²) in [6.45, 7) is 3.46. The van der Waals surface area contributed by atoms with Crippen molar-refractivity contribution in [2.75, 3.05) is 26.8 Å². The van der Waals surface area contributed by atoms with Crippen LogP contribution in [0, 0.1) is 12.7 Å². The Labute approximate surface area is 163 Å². The molecule has 1 aliphatic rings. The zero-order valence-corrected chi connectivity index (χ0v) is 16.2. The number of halogens is 1. The van der Waals surface area contributed by atoms with Crippen molar-refractivity contribution in [1.29, 1.82) is 0 Å². The van der Waals surface area contributed by atoms with Gasteiger partial charge in [0, 0.05) is 38.6 Å². The van der Waals surface area contributed by atoms with Crippen LogP contribution in [0.5, 0.6) is 0 Å². The van der Waals surface area contributed by atoms with Crippen LogP contribution in [0.25, 0.3) is 0 Å². The van der Waals surface area contributed by atoms with Crippen molar-refractivity contribution in [3.8, 4) is 0 Å². The fourth-order valence-electron chi connectivity index (χ4n) is 3.46. The van der Waals surface area contributed by atoms with E-state index in [1.807, 2.05) is 13.0 Å². The number of likely N-dealkylation sites (tertiary alicyclic amines) is 1. The zero-order chi connectivity index (χ0) is 20.1. The third kappa shape index (κ3) is 4.75. The molecule has 7 nitrogen and oxygen atoms in total. The summed E-state index contributed by atoms with van der Waals surface area (Å²) < 4.78 is 19.9. The number of ether oxygens (including phenoxy) is 1. The highest BCUT2D eigenvalue weighted by atomic mass is 19.1. The molecule has 2 amide bonds. The van der Waals surface area contributed by atoms with E-state index in [2.05, 4.69) is 10.4 Å². The number of benzene rings is 1. The van der Waals surface area contributed by atoms with Gasteiger partial charge in [-0.25, -0.2) is 4.39 Å². The molecule has 0 aliphatic carbocycles. The molecule has 28 heavy (non-hydrogen) atoms. The summed E-state index contributed by atoms with van der Waals surface area (Å²) in [5.41, 5.74) is 0.669. The molecule has 1 aliphatic heterocycles. The van der Waals surface area contributed by atoms with Gasteiger partial charge in [-0.1, -0.05) is 0 Å². The number of aromatic nitrogens is 2. The molecule has 0 bridgehead atoms. The molecule has 0 radical (unpaired) electrons. The first-order valence-corrected chi connectivity index (χ1v) is 9.26. The third-order valence-corrected chi connectivity index (χ3v) is 5.05. The van der Waals surface area contributed by atoms with Crippen LogP contribution >= 0.6 is 0 Å². The third-order valence-electron chi connectivity index (χ3n) is 5.05. The van der Waals surface area contributed by atoms with Crippen LogP contribution in [0.2, 0.25) is 0 Å². The highest BCUT2D eigenvalue weighted by Gasteiger charge is 2.41. The number of amides is 2. The molecule has 3 rings (SSSR count). The van der Waals surface area contributed by atoms with Crippen molar-refractivity contribution in [1.82, 2.24) is 20.0 Å². The van der Waals surface area contributed by atoms with E-state index in [-0.39, 0.29) is 18.4 Å². The highest BCUT2D eigenvalue weighted by molar-refractivity contribution is 5.94. The molecule has 8 heteroatoms. The Hall–Kier alpha value is -2.74. The lowest BCUT2D eigenvalue weighted by molar-refractivity contribution is -0.131. The van der Waals surface area contributed by atoms with Gasteiger partial charge in [0.25, 0.3) is 5.91 Å². The minimum Gasteiger partial charge on any atom is -0.385 e. The van der Waals surface area contributed by atoms with E-state index in [4.69, 9.17) is 4.74 Å². The molecule has 1 aromatic heterocycles. The Morgan fingerprint density at radius 1 is 1.29 bits per heavy atom. The summed E-state index contributed by atoms with van der Waals surface area (Å²) >= 11 is 0. The second kappa shape index (κ2) is 8.52. The van der Waals surface area contributed by atoms with E-state index in [0.29, 0.717) is 38.1 Å². The van der Waals surface area contributed by atoms with Crippen LogP contribution < -0.4 is 5.32 Å². The normalized spacial score (nSPS) is 19.0. The van der Waals surface area contributed by atoms with E-state index >= 15 is 0 Å². The van der Waals surface area contributed by atoms with Crippen molar-refractivity contribution in [2.45, 2.75) is 31.8 Å². The smallest absolute Gasteiger partial charge is 0.251 e. The second-order valence-corrected chi connectivity index (χ2v) is 7.20. The van der Waals surface area contributed by atoms with Gasteiger partial charge in [-0.15, -0.1) is 0 Å². The number of carbonyl (C=O) groups excluding carboxylic acids is 2. The van der Waals surface area contributed by atoms with Gasteiger partial charge in [0.15, 0.2) is 0 Å². The predicted molar refractivity (Wildman–Crippen MR) is 101 cm³/mol. The lowest BCUT2D eigenvalue weighted by Gasteiger charge is -2.30. The van der Waals surface area contributed by atoms with Gasteiger partial charge in [-0.2, -0.15) is 5.10 Å². The summed E-state index contributed by atoms with van der Waals surface area (Å²) in [7, 11) is 1.60. The van der Waals surface area contributed by atoms with Gasteiger partial charge in [-0.3, -0.25) is 14.3 Å². The number of nitrogens with one attached hydrogen (secondary N) is 1. The summed E-state index contributed by atoms with van der Waals surface area (Å²) in [6.07, 6.45) is 2.99. The molecule has 1 fully saturated rings. The van der Waals surface area contributed by atoms with Crippen molar-refractivity contribution in [3.05, 3.63) is 53.6 Å². The van der Waals surface area contributed by atoms with E-state index in [1.165, 1.54) is 24.3 Å². The van der Waals surface area contributed by atoms with Crippen LogP contribution in [-0.2, 0) is 16.1 Å².